The summed E-state index contributed by atoms with van der Waals surface area (Å²) in [5.74, 6) is 2.31. The standard InChI is InChI=1S/C17H34N4O.HI/c1-15(12-21-8-5-4-6-9-21)11-19-17(18-2)20(3)13-16-7-10-22-14-16;/h15-16H,4-14H2,1-3H3,(H,18,19);1H. The van der Waals surface area contributed by atoms with E-state index in [1.165, 1.54) is 45.3 Å². The summed E-state index contributed by atoms with van der Waals surface area (Å²) in [5.41, 5.74) is 0. The van der Waals surface area contributed by atoms with Gasteiger partial charge < -0.3 is 19.9 Å². The Kier molecular flexibility index (Phi) is 10.5. The first-order chi connectivity index (χ1) is 10.7. The number of piperidine rings is 1. The van der Waals surface area contributed by atoms with E-state index in [9.17, 15) is 0 Å². The van der Waals surface area contributed by atoms with Crippen molar-refractivity contribution in [1.82, 2.24) is 15.1 Å². The molecule has 2 rings (SSSR count). The van der Waals surface area contributed by atoms with Gasteiger partial charge in [-0.3, -0.25) is 4.99 Å². The first kappa shape index (κ1) is 21.0. The second kappa shape index (κ2) is 11.5. The Balaban J connectivity index is 0.00000264. The van der Waals surface area contributed by atoms with Crippen molar-refractivity contribution in [2.24, 2.45) is 16.8 Å². The van der Waals surface area contributed by atoms with Gasteiger partial charge in [0.2, 0.25) is 0 Å². The third-order valence-electron chi connectivity index (χ3n) is 4.76. The fraction of sp³-hybridized carbons (Fsp3) is 0.941. The van der Waals surface area contributed by atoms with E-state index in [0.29, 0.717) is 11.8 Å². The molecule has 2 atom stereocenters. The van der Waals surface area contributed by atoms with Crippen molar-refractivity contribution in [3.8, 4) is 0 Å². The van der Waals surface area contributed by atoms with Crippen LogP contribution in [0.25, 0.3) is 0 Å². The van der Waals surface area contributed by atoms with Crippen LogP contribution in [0, 0.1) is 11.8 Å². The van der Waals surface area contributed by atoms with E-state index in [4.69, 9.17) is 4.74 Å². The number of guanidine groups is 1. The van der Waals surface area contributed by atoms with E-state index in [1.807, 2.05) is 7.05 Å². The lowest BCUT2D eigenvalue weighted by atomic mass is 10.1. The lowest BCUT2D eigenvalue weighted by molar-refractivity contribution is 0.181. The minimum Gasteiger partial charge on any atom is -0.381 e. The quantitative estimate of drug-likeness (QED) is 0.393. The van der Waals surface area contributed by atoms with Crippen LogP contribution in [0.2, 0.25) is 0 Å². The number of hydrogen-bond donors (Lipinski definition) is 1. The normalized spacial score (nSPS) is 24.1. The van der Waals surface area contributed by atoms with Gasteiger partial charge in [0.1, 0.15) is 0 Å². The maximum atomic E-state index is 5.46. The van der Waals surface area contributed by atoms with Crippen LogP contribution < -0.4 is 5.32 Å². The van der Waals surface area contributed by atoms with Gasteiger partial charge in [-0.05, 0) is 38.3 Å². The molecule has 2 aliphatic heterocycles. The van der Waals surface area contributed by atoms with Gasteiger partial charge in [0, 0.05) is 46.3 Å². The molecule has 5 nitrogen and oxygen atoms in total. The minimum atomic E-state index is 0. The molecule has 0 aromatic heterocycles. The molecule has 2 unspecified atom stereocenters. The van der Waals surface area contributed by atoms with E-state index in [-0.39, 0.29) is 24.0 Å². The number of nitrogens with one attached hydrogen (secondary N) is 1. The zero-order valence-corrected chi connectivity index (χ0v) is 17.4. The number of halogens is 1. The predicted molar refractivity (Wildman–Crippen MR) is 108 cm³/mol. The van der Waals surface area contributed by atoms with Crippen LogP contribution in [-0.4, -0.2) is 75.8 Å². The highest BCUT2D eigenvalue weighted by atomic mass is 127. The summed E-state index contributed by atoms with van der Waals surface area (Å²) >= 11 is 0. The highest BCUT2D eigenvalue weighted by molar-refractivity contribution is 14.0. The molecule has 0 amide bonds. The Hall–Kier alpha value is -0.0800. The Morgan fingerprint density at radius 1 is 1.35 bits per heavy atom. The molecule has 0 aromatic rings. The summed E-state index contributed by atoms with van der Waals surface area (Å²) in [6.07, 6.45) is 5.32. The van der Waals surface area contributed by atoms with E-state index in [1.54, 1.807) is 0 Å². The largest absolute Gasteiger partial charge is 0.381 e. The molecule has 1 N–H and O–H groups in total. The molecule has 0 bridgehead atoms. The van der Waals surface area contributed by atoms with Crippen molar-refractivity contribution in [2.45, 2.75) is 32.6 Å². The Morgan fingerprint density at radius 2 is 2.09 bits per heavy atom. The average Bonchev–Trinajstić information content (AvgIpc) is 3.01. The first-order valence-corrected chi connectivity index (χ1v) is 8.91. The van der Waals surface area contributed by atoms with Crippen molar-refractivity contribution >= 4 is 29.9 Å². The highest BCUT2D eigenvalue weighted by Gasteiger charge is 2.19. The molecule has 136 valence electrons. The lowest BCUT2D eigenvalue weighted by Crippen LogP contribution is -2.44. The summed E-state index contributed by atoms with van der Waals surface area (Å²) < 4.78 is 5.46. The van der Waals surface area contributed by atoms with Gasteiger partial charge in [-0.1, -0.05) is 13.3 Å². The molecule has 2 heterocycles. The van der Waals surface area contributed by atoms with Gasteiger partial charge in [-0.25, -0.2) is 0 Å². The Bertz CT molecular complexity index is 341. The number of nitrogens with zero attached hydrogens (tertiary/aromatic N) is 3. The van der Waals surface area contributed by atoms with Crippen LogP contribution in [0.15, 0.2) is 4.99 Å². The minimum absolute atomic E-state index is 0. The van der Waals surface area contributed by atoms with Crippen molar-refractivity contribution in [3.63, 3.8) is 0 Å². The van der Waals surface area contributed by atoms with E-state index in [2.05, 4.69) is 34.1 Å². The highest BCUT2D eigenvalue weighted by Crippen LogP contribution is 2.13. The van der Waals surface area contributed by atoms with Gasteiger partial charge >= 0.3 is 0 Å². The maximum absolute atomic E-state index is 5.46. The maximum Gasteiger partial charge on any atom is 0.193 e. The van der Waals surface area contributed by atoms with Crippen molar-refractivity contribution < 1.29 is 4.74 Å². The third-order valence-corrected chi connectivity index (χ3v) is 4.76. The molecular weight excluding hydrogens is 403 g/mol. The summed E-state index contributed by atoms with van der Waals surface area (Å²) in [6.45, 7) is 9.92. The van der Waals surface area contributed by atoms with Gasteiger partial charge in [-0.2, -0.15) is 0 Å². The fourth-order valence-corrected chi connectivity index (χ4v) is 3.50. The molecule has 0 radical (unpaired) electrons. The molecule has 0 aromatic carbocycles. The average molecular weight is 438 g/mol. The fourth-order valence-electron chi connectivity index (χ4n) is 3.50. The second-order valence-electron chi connectivity index (χ2n) is 7.00. The molecule has 2 saturated heterocycles. The summed E-state index contributed by atoms with van der Waals surface area (Å²) in [5, 5.41) is 3.54. The summed E-state index contributed by atoms with van der Waals surface area (Å²) in [7, 11) is 4.00. The van der Waals surface area contributed by atoms with Crippen LogP contribution in [0.5, 0.6) is 0 Å². The van der Waals surface area contributed by atoms with Gasteiger partial charge in [0.05, 0.1) is 6.61 Å². The lowest BCUT2D eigenvalue weighted by Gasteiger charge is -2.30. The van der Waals surface area contributed by atoms with E-state index < -0.39 is 0 Å². The number of ether oxygens (including phenoxy) is 1. The van der Waals surface area contributed by atoms with Crippen molar-refractivity contribution in [1.29, 1.82) is 0 Å². The summed E-state index contributed by atoms with van der Waals surface area (Å²) in [6, 6.07) is 0. The van der Waals surface area contributed by atoms with E-state index >= 15 is 0 Å². The molecule has 23 heavy (non-hydrogen) atoms. The number of rotatable bonds is 6. The first-order valence-electron chi connectivity index (χ1n) is 8.91. The van der Waals surface area contributed by atoms with Gasteiger partial charge in [-0.15, -0.1) is 24.0 Å². The van der Waals surface area contributed by atoms with Crippen molar-refractivity contribution in [2.75, 3.05) is 60.0 Å². The van der Waals surface area contributed by atoms with Gasteiger partial charge in [0.25, 0.3) is 0 Å². The van der Waals surface area contributed by atoms with Crippen LogP contribution in [0.1, 0.15) is 32.6 Å². The predicted octanol–water partition coefficient (Wildman–Crippen LogP) is 2.27. The monoisotopic (exact) mass is 438 g/mol. The SMILES string of the molecule is CN=C(NCC(C)CN1CCCCC1)N(C)CC1CCOC1.I. The number of aliphatic imine (C=N–C) groups is 1. The molecule has 0 saturated carbocycles. The Labute approximate surface area is 159 Å². The molecule has 6 heteroatoms. The molecule has 0 spiro atoms. The Morgan fingerprint density at radius 3 is 2.70 bits per heavy atom. The zero-order valence-electron chi connectivity index (χ0n) is 15.1. The number of hydrogen-bond acceptors (Lipinski definition) is 3. The van der Waals surface area contributed by atoms with Gasteiger partial charge in [0.15, 0.2) is 5.96 Å². The van der Waals surface area contributed by atoms with Crippen LogP contribution >= 0.6 is 24.0 Å². The molecule has 0 aliphatic carbocycles. The molecular formula is C17H35IN4O. The van der Waals surface area contributed by atoms with E-state index in [0.717, 1.165) is 32.3 Å². The summed E-state index contributed by atoms with van der Waals surface area (Å²) in [4.78, 5) is 9.28. The number of likely N-dealkylation sites (tertiary alicyclic amines) is 1. The van der Waals surface area contributed by atoms with Crippen LogP contribution in [-0.2, 0) is 4.74 Å². The smallest absolute Gasteiger partial charge is 0.193 e. The van der Waals surface area contributed by atoms with Crippen LogP contribution in [0.3, 0.4) is 0 Å². The van der Waals surface area contributed by atoms with Crippen molar-refractivity contribution in [3.05, 3.63) is 0 Å². The second-order valence-corrected chi connectivity index (χ2v) is 7.00. The molecule has 2 aliphatic rings. The zero-order chi connectivity index (χ0) is 15.8. The topological polar surface area (TPSA) is 40.1 Å². The van der Waals surface area contributed by atoms with Crippen LogP contribution in [0.4, 0.5) is 0 Å². The third kappa shape index (κ3) is 7.56. The molecule has 2 fully saturated rings.